The average molecular weight is 358 g/mol. The Morgan fingerprint density at radius 2 is 2.27 bits per heavy atom. The molecule has 0 aliphatic carbocycles. The number of fused-ring (bicyclic) bond motifs is 1. The normalized spacial score (nSPS) is 16.0. The van der Waals surface area contributed by atoms with Gasteiger partial charge in [-0.25, -0.2) is 4.79 Å². The van der Waals surface area contributed by atoms with Crippen LogP contribution in [0, 0.1) is 10.1 Å². The maximum absolute atomic E-state index is 12.7. The predicted molar refractivity (Wildman–Crippen MR) is 91.2 cm³/mol. The number of rotatable bonds is 6. The van der Waals surface area contributed by atoms with Crippen LogP contribution in [0.1, 0.15) is 38.3 Å². The molecular weight excluding hydrogens is 340 g/mol. The van der Waals surface area contributed by atoms with Crippen molar-refractivity contribution >= 4 is 17.6 Å². The number of nitro groups is 1. The third kappa shape index (κ3) is 3.25. The van der Waals surface area contributed by atoms with Crippen molar-refractivity contribution in [2.24, 2.45) is 0 Å². The Labute approximate surface area is 149 Å². The molecule has 2 heterocycles. The maximum Gasteiger partial charge on any atom is 0.338 e. The number of esters is 1. The number of carbonyl (C=O) groups excluding carboxylic acids is 1. The number of benzene rings is 1. The predicted octanol–water partition coefficient (Wildman–Crippen LogP) is 2.21. The van der Waals surface area contributed by atoms with Crippen LogP contribution in [-0.2, 0) is 9.53 Å². The van der Waals surface area contributed by atoms with Gasteiger partial charge in [0, 0.05) is 17.8 Å². The van der Waals surface area contributed by atoms with Crippen LogP contribution >= 0.6 is 0 Å². The van der Waals surface area contributed by atoms with E-state index in [0.29, 0.717) is 29.4 Å². The molecule has 0 saturated heterocycles. The van der Waals surface area contributed by atoms with Crippen molar-refractivity contribution in [2.45, 2.75) is 32.7 Å². The Balaban J connectivity index is 2.05. The number of hydrogen-bond donors (Lipinski definition) is 1. The van der Waals surface area contributed by atoms with E-state index in [9.17, 15) is 14.9 Å². The van der Waals surface area contributed by atoms with E-state index in [-0.39, 0.29) is 5.69 Å². The Morgan fingerprint density at radius 1 is 1.46 bits per heavy atom. The fourth-order valence-electron chi connectivity index (χ4n) is 2.78. The summed E-state index contributed by atoms with van der Waals surface area (Å²) < 4.78 is 6.78. The zero-order valence-electron chi connectivity index (χ0n) is 14.4. The van der Waals surface area contributed by atoms with Crippen LogP contribution < -0.4 is 5.32 Å². The first kappa shape index (κ1) is 17.5. The van der Waals surface area contributed by atoms with E-state index in [1.54, 1.807) is 19.1 Å². The van der Waals surface area contributed by atoms with Crippen molar-refractivity contribution in [3.05, 3.63) is 51.2 Å². The van der Waals surface area contributed by atoms with Crippen molar-refractivity contribution in [3.63, 3.8) is 0 Å². The number of allylic oxidation sites excluding steroid dienone is 1. The molecule has 2 aromatic rings. The fourth-order valence-corrected chi connectivity index (χ4v) is 2.78. The Kier molecular flexibility index (Phi) is 4.92. The number of hydrogen-bond acceptors (Lipinski definition) is 8. The Morgan fingerprint density at radius 3 is 3.00 bits per heavy atom. The topological polar surface area (TPSA) is 125 Å². The highest BCUT2D eigenvalue weighted by Crippen LogP contribution is 2.35. The summed E-state index contributed by atoms with van der Waals surface area (Å²) in [7, 11) is 0. The molecule has 1 N–H and O–H groups in total. The minimum atomic E-state index is -0.713. The van der Waals surface area contributed by atoms with Gasteiger partial charge in [0.05, 0.1) is 17.1 Å². The molecule has 0 unspecified atom stereocenters. The number of carbonyl (C=O) groups is 1. The van der Waals surface area contributed by atoms with Crippen molar-refractivity contribution in [1.82, 2.24) is 20.2 Å². The Bertz CT molecular complexity index is 875. The minimum absolute atomic E-state index is 0.0768. The zero-order valence-corrected chi connectivity index (χ0v) is 14.4. The van der Waals surface area contributed by atoms with E-state index >= 15 is 0 Å². The number of ether oxygens (including phenoxy) is 1. The van der Waals surface area contributed by atoms with Crippen LogP contribution in [0.5, 0.6) is 0 Å². The zero-order chi connectivity index (χ0) is 18.7. The minimum Gasteiger partial charge on any atom is -0.462 e. The van der Waals surface area contributed by atoms with Gasteiger partial charge in [0.2, 0.25) is 5.95 Å². The number of non-ortho nitro benzene ring substituents is 1. The highest BCUT2D eigenvalue weighted by atomic mass is 16.6. The summed E-state index contributed by atoms with van der Waals surface area (Å²) in [5, 5.41) is 25.5. The fraction of sp³-hybridized carbons (Fsp3) is 0.375. The van der Waals surface area contributed by atoms with Crippen LogP contribution in [0.25, 0.3) is 0 Å². The number of aromatic nitrogens is 4. The van der Waals surface area contributed by atoms with E-state index in [2.05, 4.69) is 20.8 Å². The summed E-state index contributed by atoms with van der Waals surface area (Å²) >= 11 is 0. The lowest BCUT2D eigenvalue weighted by atomic mass is 9.95. The molecule has 0 saturated carbocycles. The molecule has 1 aromatic carbocycles. The SMILES string of the molecule is CCCCOC(=O)C1=C(C)Nc2nnnn2[C@@H]1c1cccc([N+](=O)[O-])c1. The van der Waals surface area contributed by atoms with E-state index in [1.807, 2.05) is 6.92 Å². The molecular formula is C16H18N6O4. The smallest absolute Gasteiger partial charge is 0.338 e. The molecule has 1 atom stereocenters. The number of nitro benzene ring substituents is 1. The monoisotopic (exact) mass is 358 g/mol. The molecule has 1 aliphatic heterocycles. The summed E-state index contributed by atoms with van der Waals surface area (Å²) in [6.45, 7) is 4.02. The largest absolute Gasteiger partial charge is 0.462 e. The van der Waals surface area contributed by atoms with Gasteiger partial charge in [0.25, 0.3) is 5.69 Å². The molecule has 1 aromatic heterocycles. The number of nitrogens with one attached hydrogen (secondary N) is 1. The van der Waals surface area contributed by atoms with Crippen LogP contribution in [0.15, 0.2) is 35.5 Å². The second-order valence-electron chi connectivity index (χ2n) is 5.85. The quantitative estimate of drug-likeness (QED) is 0.360. The molecule has 1 aliphatic rings. The van der Waals surface area contributed by atoms with Crippen LogP contribution in [0.4, 0.5) is 11.6 Å². The first-order chi connectivity index (χ1) is 12.5. The van der Waals surface area contributed by atoms with E-state index < -0.39 is 16.9 Å². The van der Waals surface area contributed by atoms with Gasteiger partial charge in [-0.05, 0) is 29.3 Å². The number of nitrogens with zero attached hydrogens (tertiary/aromatic N) is 5. The molecule has 10 nitrogen and oxygen atoms in total. The lowest BCUT2D eigenvalue weighted by Gasteiger charge is -2.27. The molecule has 0 bridgehead atoms. The van der Waals surface area contributed by atoms with E-state index in [4.69, 9.17) is 4.74 Å². The number of tetrazole rings is 1. The van der Waals surface area contributed by atoms with Gasteiger partial charge in [0.15, 0.2) is 0 Å². The van der Waals surface area contributed by atoms with Gasteiger partial charge >= 0.3 is 5.97 Å². The van der Waals surface area contributed by atoms with Crippen LogP contribution in [0.3, 0.4) is 0 Å². The summed E-state index contributed by atoms with van der Waals surface area (Å²) in [5.41, 5.74) is 1.31. The van der Waals surface area contributed by atoms with Crippen molar-refractivity contribution in [3.8, 4) is 0 Å². The molecule has 10 heteroatoms. The van der Waals surface area contributed by atoms with Gasteiger partial charge in [0.1, 0.15) is 6.04 Å². The Hall–Kier alpha value is -3.30. The average Bonchev–Trinajstić information content (AvgIpc) is 3.08. The van der Waals surface area contributed by atoms with Crippen LogP contribution in [0.2, 0.25) is 0 Å². The third-order valence-electron chi connectivity index (χ3n) is 4.06. The van der Waals surface area contributed by atoms with Crippen molar-refractivity contribution in [1.29, 1.82) is 0 Å². The second-order valence-corrected chi connectivity index (χ2v) is 5.85. The molecule has 3 rings (SSSR count). The van der Waals surface area contributed by atoms with E-state index in [0.717, 1.165) is 12.8 Å². The van der Waals surface area contributed by atoms with Crippen LogP contribution in [-0.4, -0.2) is 37.7 Å². The number of anilines is 1. The van der Waals surface area contributed by atoms with Crippen molar-refractivity contribution in [2.75, 3.05) is 11.9 Å². The first-order valence-electron chi connectivity index (χ1n) is 8.20. The van der Waals surface area contributed by atoms with E-state index in [1.165, 1.54) is 16.8 Å². The summed E-state index contributed by atoms with van der Waals surface area (Å²) in [4.78, 5) is 23.3. The molecule has 26 heavy (non-hydrogen) atoms. The van der Waals surface area contributed by atoms with Gasteiger partial charge < -0.3 is 10.1 Å². The van der Waals surface area contributed by atoms with Gasteiger partial charge in [-0.2, -0.15) is 4.68 Å². The highest BCUT2D eigenvalue weighted by molar-refractivity contribution is 5.92. The molecule has 0 amide bonds. The van der Waals surface area contributed by atoms with Gasteiger partial charge in [-0.3, -0.25) is 10.1 Å². The second kappa shape index (κ2) is 7.30. The molecule has 0 radical (unpaired) electrons. The van der Waals surface area contributed by atoms with Gasteiger partial charge in [-0.15, -0.1) is 0 Å². The maximum atomic E-state index is 12.7. The lowest BCUT2D eigenvalue weighted by Crippen LogP contribution is -2.29. The molecule has 0 spiro atoms. The molecule has 0 fully saturated rings. The highest BCUT2D eigenvalue weighted by Gasteiger charge is 2.35. The summed E-state index contributed by atoms with van der Waals surface area (Å²) in [5.74, 6) is -0.148. The number of unbranched alkanes of at least 4 members (excludes halogenated alkanes) is 1. The summed E-state index contributed by atoms with van der Waals surface area (Å²) in [6.07, 6.45) is 1.65. The first-order valence-corrected chi connectivity index (χ1v) is 8.20. The summed E-state index contributed by atoms with van der Waals surface area (Å²) in [6, 6.07) is 5.35. The van der Waals surface area contributed by atoms with Crippen molar-refractivity contribution < 1.29 is 14.5 Å². The standard InChI is InChI=1S/C16H18N6O4/c1-3-4-8-26-15(23)13-10(2)17-16-18-19-20-21(16)14(13)11-6-5-7-12(9-11)22(24)25/h5-7,9,14H,3-4,8H2,1-2H3,(H,17,18,20)/t14-/m1/s1. The third-order valence-corrected chi connectivity index (χ3v) is 4.06. The van der Waals surface area contributed by atoms with Gasteiger partial charge in [-0.1, -0.05) is 30.6 Å². The molecule has 136 valence electrons. The lowest BCUT2D eigenvalue weighted by molar-refractivity contribution is -0.384.